The summed E-state index contributed by atoms with van der Waals surface area (Å²) >= 11 is 1.44. The Morgan fingerprint density at radius 1 is 1.43 bits per heavy atom. The normalized spacial score (nSPS) is 16.7. The number of aromatic nitrogens is 3. The van der Waals surface area contributed by atoms with Crippen LogP contribution in [-0.4, -0.2) is 46.7 Å². The van der Waals surface area contributed by atoms with Crippen molar-refractivity contribution in [2.24, 2.45) is 5.92 Å². The van der Waals surface area contributed by atoms with E-state index in [0.717, 1.165) is 21.7 Å². The van der Waals surface area contributed by atoms with E-state index in [-0.39, 0.29) is 24.2 Å². The van der Waals surface area contributed by atoms with Crippen molar-refractivity contribution in [1.29, 1.82) is 0 Å². The topological polar surface area (TPSA) is 100 Å². The lowest BCUT2D eigenvalue weighted by molar-refractivity contribution is -0.126. The van der Waals surface area contributed by atoms with Crippen molar-refractivity contribution in [2.45, 2.75) is 19.8 Å². The first-order valence-electron chi connectivity index (χ1n) is 9.23. The predicted molar refractivity (Wildman–Crippen MR) is 107 cm³/mol. The molecule has 28 heavy (non-hydrogen) atoms. The Morgan fingerprint density at radius 3 is 3.11 bits per heavy atom. The summed E-state index contributed by atoms with van der Waals surface area (Å²) in [7, 11) is 0. The maximum atomic E-state index is 12.5. The van der Waals surface area contributed by atoms with E-state index in [4.69, 9.17) is 4.74 Å². The van der Waals surface area contributed by atoms with Crippen molar-refractivity contribution in [3.63, 3.8) is 0 Å². The van der Waals surface area contributed by atoms with E-state index < -0.39 is 0 Å². The first-order valence-corrected chi connectivity index (χ1v) is 10.1. The van der Waals surface area contributed by atoms with E-state index in [1.165, 1.54) is 11.3 Å². The van der Waals surface area contributed by atoms with E-state index in [1.807, 2.05) is 31.2 Å². The average Bonchev–Trinajstić information content (AvgIpc) is 3.40. The second kappa shape index (κ2) is 7.97. The van der Waals surface area contributed by atoms with Gasteiger partial charge in [0.2, 0.25) is 11.8 Å². The average molecular weight is 399 g/mol. The molecule has 1 aromatic carbocycles. The van der Waals surface area contributed by atoms with Gasteiger partial charge in [0.05, 0.1) is 22.7 Å². The van der Waals surface area contributed by atoms with Crippen LogP contribution in [0.15, 0.2) is 30.5 Å². The molecule has 1 saturated heterocycles. The first kappa shape index (κ1) is 18.4. The van der Waals surface area contributed by atoms with Gasteiger partial charge in [-0.05, 0) is 31.2 Å². The Hall–Kier alpha value is -2.94. The third-order valence-electron chi connectivity index (χ3n) is 4.64. The number of nitrogens with zero attached hydrogens (tertiary/aromatic N) is 3. The summed E-state index contributed by atoms with van der Waals surface area (Å²) in [5.74, 6) is 0.251. The Balaban J connectivity index is 1.39. The number of hydrogen-bond acceptors (Lipinski definition) is 6. The number of benzene rings is 1. The number of hydrogen-bond donors (Lipinski definition) is 2. The maximum Gasteiger partial charge on any atom is 0.229 e. The summed E-state index contributed by atoms with van der Waals surface area (Å²) in [6.45, 7) is 3.39. The molecule has 0 aliphatic carbocycles. The highest BCUT2D eigenvalue weighted by atomic mass is 32.1. The molecule has 146 valence electrons. The number of rotatable bonds is 7. The van der Waals surface area contributed by atoms with E-state index in [9.17, 15) is 9.59 Å². The van der Waals surface area contributed by atoms with Gasteiger partial charge in [0.15, 0.2) is 5.13 Å². The molecule has 2 N–H and O–H groups in total. The molecule has 9 heteroatoms. The Bertz CT molecular complexity index is 985. The molecule has 0 spiro atoms. The zero-order chi connectivity index (χ0) is 19.5. The molecule has 4 rings (SSSR count). The minimum absolute atomic E-state index is 0.0715. The lowest BCUT2D eigenvalue weighted by Crippen LogP contribution is -2.34. The molecule has 3 aromatic rings. The van der Waals surface area contributed by atoms with E-state index >= 15 is 0 Å². The van der Waals surface area contributed by atoms with Crippen LogP contribution in [-0.2, 0) is 16.0 Å². The molecule has 8 nitrogen and oxygen atoms in total. The molecule has 0 radical (unpaired) electrons. The number of aromatic amines is 1. The Morgan fingerprint density at radius 2 is 2.32 bits per heavy atom. The Kier molecular flexibility index (Phi) is 5.25. The summed E-state index contributed by atoms with van der Waals surface area (Å²) in [6.07, 6.45) is 2.56. The predicted octanol–water partition coefficient (Wildman–Crippen LogP) is 2.13. The molecule has 1 aliphatic rings. The summed E-state index contributed by atoms with van der Waals surface area (Å²) in [5, 5.41) is 10.3. The zero-order valence-corrected chi connectivity index (χ0v) is 16.3. The highest BCUT2D eigenvalue weighted by Gasteiger charge is 2.36. The van der Waals surface area contributed by atoms with Crippen LogP contribution < -0.4 is 15.0 Å². The van der Waals surface area contributed by atoms with Crippen LogP contribution in [0.3, 0.4) is 0 Å². The first-order chi connectivity index (χ1) is 13.6. The molecule has 1 fully saturated rings. The van der Waals surface area contributed by atoms with Crippen molar-refractivity contribution in [1.82, 2.24) is 20.5 Å². The molecular formula is C19H21N5O3S. The monoisotopic (exact) mass is 399 g/mol. The minimum atomic E-state index is -0.361. The highest BCUT2D eigenvalue weighted by Crippen LogP contribution is 2.34. The summed E-state index contributed by atoms with van der Waals surface area (Å²) in [6, 6.07) is 7.56. The summed E-state index contributed by atoms with van der Waals surface area (Å²) in [4.78, 5) is 31.1. The highest BCUT2D eigenvalue weighted by molar-refractivity contribution is 7.22. The van der Waals surface area contributed by atoms with Gasteiger partial charge in [-0.25, -0.2) is 4.98 Å². The van der Waals surface area contributed by atoms with Crippen molar-refractivity contribution in [2.75, 3.05) is 24.6 Å². The number of carbonyl (C=O) groups is 2. The number of carbonyl (C=O) groups excluding carboxylic acids is 2. The van der Waals surface area contributed by atoms with Crippen LogP contribution in [0.4, 0.5) is 5.13 Å². The number of thiazole rings is 1. The quantitative estimate of drug-likeness (QED) is 0.634. The fraction of sp³-hybridized carbons (Fsp3) is 0.368. The van der Waals surface area contributed by atoms with Gasteiger partial charge >= 0.3 is 0 Å². The van der Waals surface area contributed by atoms with Crippen LogP contribution >= 0.6 is 11.3 Å². The standard InChI is InChI=1S/C19H21N5O3S/c1-2-27-14-3-4-15-16(10-14)28-19(22-15)24-11-12(9-17(24)25)18(26)20-7-5-13-6-8-21-23-13/h3-4,6,8,10,12H,2,5,7,9,11H2,1H3,(H,20,26)(H,21,23). The molecule has 0 bridgehead atoms. The number of H-pyrrole nitrogens is 1. The van der Waals surface area contributed by atoms with E-state index in [2.05, 4.69) is 20.5 Å². The van der Waals surface area contributed by atoms with Crippen molar-refractivity contribution >= 4 is 38.5 Å². The van der Waals surface area contributed by atoms with Gasteiger partial charge in [-0.3, -0.25) is 19.6 Å². The van der Waals surface area contributed by atoms with Crippen molar-refractivity contribution in [3.8, 4) is 5.75 Å². The number of amides is 2. The fourth-order valence-electron chi connectivity index (χ4n) is 3.22. The molecule has 1 aliphatic heterocycles. The van der Waals surface area contributed by atoms with Gasteiger partial charge in [-0.2, -0.15) is 5.10 Å². The van der Waals surface area contributed by atoms with Crippen molar-refractivity contribution < 1.29 is 14.3 Å². The van der Waals surface area contributed by atoms with E-state index in [0.29, 0.717) is 31.2 Å². The smallest absolute Gasteiger partial charge is 0.229 e. The third kappa shape index (κ3) is 3.84. The maximum absolute atomic E-state index is 12.5. The lowest BCUT2D eigenvalue weighted by atomic mass is 10.1. The molecule has 2 amide bonds. The van der Waals surface area contributed by atoms with Gasteiger partial charge in [-0.15, -0.1) is 0 Å². The van der Waals surface area contributed by atoms with Gasteiger partial charge in [0.25, 0.3) is 0 Å². The molecule has 0 saturated carbocycles. The van der Waals surface area contributed by atoms with Crippen LogP contribution in [0, 0.1) is 5.92 Å². The van der Waals surface area contributed by atoms with Crippen molar-refractivity contribution in [3.05, 3.63) is 36.2 Å². The van der Waals surface area contributed by atoms with E-state index in [1.54, 1.807) is 11.1 Å². The number of nitrogens with one attached hydrogen (secondary N) is 2. The van der Waals surface area contributed by atoms with Gasteiger partial charge < -0.3 is 10.1 Å². The summed E-state index contributed by atoms with van der Waals surface area (Å²) in [5.41, 5.74) is 1.79. The second-order valence-corrected chi connectivity index (χ2v) is 7.60. The van der Waals surface area contributed by atoms with Gasteiger partial charge in [-0.1, -0.05) is 11.3 Å². The number of fused-ring (bicyclic) bond motifs is 1. The number of ether oxygens (including phenoxy) is 1. The Labute approximate surface area is 165 Å². The largest absolute Gasteiger partial charge is 0.494 e. The third-order valence-corrected chi connectivity index (χ3v) is 5.68. The molecular weight excluding hydrogens is 378 g/mol. The van der Waals surface area contributed by atoms with Crippen LogP contribution in [0.5, 0.6) is 5.75 Å². The zero-order valence-electron chi connectivity index (χ0n) is 15.5. The number of anilines is 1. The lowest BCUT2D eigenvalue weighted by Gasteiger charge is -2.13. The van der Waals surface area contributed by atoms with Gasteiger partial charge in [0, 0.05) is 37.8 Å². The van der Waals surface area contributed by atoms with Gasteiger partial charge in [0.1, 0.15) is 5.75 Å². The van der Waals surface area contributed by atoms with Crippen LogP contribution in [0.25, 0.3) is 10.2 Å². The second-order valence-electron chi connectivity index (χ2n) is 6.59. The molecule has 1 atom stereocenters. The minimum Gasteiger partial charge on any atom is -0.494 e. The van der Waals surface area contributed by atoms with Crippen LogP contribution in [0.2, 0.25) is 0 Å². The fourth-order valence-corrected chi connectivity index (χ4v) is 4.24. The molecule has 2 aromatic heterocycles. The molecule has 3 heterocycles. The molecule has 1 unspecified atom stereocenters. The SMILES string of the molecule is CCOc1ccc2nc(N3CC(C(=O)NCCc4ccn[nH]4)CC3=O)sc2c1. The van der Waals surface area contributed by atoms with Crippen LogP contribution in [0.1, 0.15) is 19.0 Å². The summed E-state index contributed by atoms with van der Waals surface area (Å²) < 4.78 is 6.48.